The van der Waals surface area contributed by atoms with Crippen LogP contribution < -0.4 is 0 Å². The van der Waals surface area contributed by atoms with Crippen LogP contribution in [0.3, 0.4) is 0 Å². The Bertz CT molecular complexity index is 155. The van der Waals surface area contributed by atoms with Gasteiger partial charge in [0.25, 0.3) is 0 Å². The Morgan fingerprint density at radius 3 is 2.33 bits per heavy atom. The zero-order chi connectivity index (χ0) is 7.82. The molecule has 0 N–H and O–H groups in total. The van der Waals surface area contributed by atoms with Crippen LogP contribution in [0.5, 0.6) is 0 Å². The van der Waals surface area contributed by atoms with Gasteiger partial charge in [-0.15, -0.1) is 13.8 Å². The summed E-state index contributed by atoms with van der Waals surface area (Å²) in [5.74, 6) is 0. The SMILES string of the molecule is C[C-]=CC=C(C)C=C[CH-]C.[Yb].[Yb]. The maximum absolute atomic E-state index is 2.93. The zero-order valence-corrected chi connectivity index (χ0v) is 10.9. The van der Waals surface area contributed by atoms with E-state index in [1.54, 1.807) is 0 Å². The van der Waals surface area contributed by atoms with Crippen molar-refractivity contribution in [2.45, 2.75) is 20.8 Å². The first kappa shape index (κ1) is 19.7. The van der Waals surface area contributed by atoms with Crippen molar-refractivity contribution in [1.29, 1.82) is 0 Å². The Kier molecular flexibility index (Phi) is 25.6. The van der Waals surface area contributed by atoms with Crippen molar-refractivity contribution >= 4 is 0 Å². The van der Waals surface area contributed by atoms with E-state index in [2.05, 4.69) is 19.1 Å². The minimum atomic E-state index is 0. The van der Waals surface area contributed by atoms with Gasteiger partial charge in [0.05, 0.1) is 0 Å². The van der Waals surface area contributed by atoms with E-state index in [-0.39, 0.29) is 93.8 Å². The quantitative estimate of drug-likeness (QED) is 0.431. The summed E-state index contributed by atoms with van der Waals surface area (Å²) in [4.78, 5) is 0. The summed E-state index contributed by atoms with van der Waals surface area (Å²) in [7, 11) is 0. The summed E-state index contributed by atoms with van der Waals surface area (Å²) in [6.07, 6.45) is 13.0. The largest absolute Gasteiger partial charge is 0.279 e. The number of hydrogen-bond acceptors (Lipinski definition) is 0. The standard InChI is InChI=1S/C10H14.2Yb/c1-4-6-8-10(3)9-7-5-2;;/h4,6-9H,1-3H3;;/q-2;;. The second kappa shape index (κ2) is 15.6. The number of hydrogen-bond donors (Lipinski definition) is 0. The van der Waals surface area contributed by atoms with Gasteiger partial charge in [-0.3, -0.25) is 6.08 Å². The van der Waals surface area contributed by atoms with Crippen molar-refractivity contribution < 1.29 is 93.8 Å². The van der Waals surface area contributed by atoms with E-state index in [1.165, 1.54) is 5.57 Å². The smallest absolute Gasteiger partial charge is 0 e. The fraction of sp³-hybridized carbons (Fsp3) is 0.300. The molecule has 0 fully saturated rings. The van der Waals surface area contributed by atoms with Gasteiger partial charge >= 0.3 is 0 Å². The van der Waals surface area contributed by atoms with Crippen molar-refractivity contribution in [2.24, 2.45) is 0 Å². The van der Waals surface area contributed by atoms with Crippen molar-refractivity contribution in [1.82, 2.24) is 0 Å². The monoisotopic (exact) mass is 482 g/mol. The molecule has 2 heteroatoms. The minimum absolute atomic E-state index is 0. The first-order chi connectivity index (χ1) is 4.81. The molecule has 0 heterocycles. The number of allylic oxidation sites excluding steroid dienone is 6. The van der Waals surface area contributed by atoms with Crippen molar-refractivity contribution in [3.05, 3.63) is 42.4 Å². The van der Waals surface area contributed by atoms with Crippen molar-refractivity contribution in [3.8, 4) is 0 Å². The topological polar surface area (TPSA) is 0 Å². The summed E-state index contributed by atoms with van der Waals surface area (Å²) in [5, 5.41) is 0. The molecule has 0 aromatic carbocycles. The van der Waals surface area contributed by atoms with Crippen LogP contribution in [-0.2, 0) is 0 Å². The van der Waals surface area contributed by atoms with Crippen LogP contribution in [-0.4, -0.2) is 0 Å². The van der Waals surface area contributed by atoms with E-state index in [0.29, 0.717) is 0 Å². The Balaban J connectivity index is -0.000000405. The molecule has 0 aliphatic rings. The van der Waals surface area contributed by atoms with E-state index < -0.39 is 0 Å². The van der Waals surface area contributed by atoms with E-state index in [1.807, 2.05) is 38.5 Å². The van der Waals surface area contributed by atoms with E-state index in [0.717, 1.165) is 0 Å². The fourth-order valence-electron chi connectivity index (χ4n) is 0.518. The maximum Gasteiger partial charge on any atom is 0 e. The molecule has 0 radical (unpaired) electrons. The van der Waals surface area contributed by atoms with Crippen LogP contribution in [0.2, 0.25) is 0 Å². The number of rotatable bonds is 3. The summed E-state index contributed by atoms with van der Waals surface area (Å²) in [6.45, 7) is 5.96. The van der Waals surface area contributed by atoms with Crippen LogP contribution in [0.4, 0.5) is 0 Å². The molecular formula is C10H14Yb2-2. The first-order valence-corrected chi connectivity index (χ1v) is 3.44. The average molecular weight is 480 g/mol. The molecule has 0 unspecified atom stereocenters. The third-order valence-electron chi connectivity index (χ3n) is 1.06. The Hall–Kier alpha value is 2.13. The average Bonchev–Trinajstić information content (AvgIpc) is 1.97. The van der Waals surface area contributed by atoms with E-state index in [9.17, 15) is 0 Å². The van der Waals surface area contributed by atoms with Crippen LogP contribution in [0.15, 0.2) is 29.9 Å². The van der Waals surface area contributed by atoms with Gasteiger partial charge in [-0.2, -0.15) is 0 Å². The minimum Gasteiger partial charge on any atom is -0.279 e. The molecule has 0 nitrogen and oxygen atoms in total. The van der Waals surface area contributed by atoms with E-state index >= 15 is 0 Å². The maximum atomic E-state index is 2.93. The van der Waals surface area contributed by atoms with Gasteiger partial charge in [-0.1, -0.05) is 6.92 Å². The molecule has 0 spiro atoms. The van der Waals surface area contributed by atoms with Crippen LogP contribution in [0.1, 0.15) is 20.8 Å². The van der Waals surface area contributed by atoms with Gasteiger partial charge in [0, 0.05) is 93.8 Å². The van der Waals surface area contributed by atoms with Gasteiger partial charge in [-0.05, 0) is 0 Å². The second-order valence-electron chi connectivity index (χ2n) is 2.06. The molecule has 0 rings (SSSR count). The first-order valence-electron chi connectivity index (χ1n) is 3.44. The molecule has 0 amide bonds. The van der Waals surface area contributed by atoms with Crippen LogP contribution in [0, 0.1) is 106 Å². The zero-order valence-electron chi connectivity index (χ0n) is 7.42. The van der Waals surface area contributed by atoms with Crippen LogP contribution in [0.25, 0.3) is 0 Å². The Morgan fingerprint density at radius 1 is 1.33 bits per heavy atom. The predicted octanol–water partition coefficient (Wildman–Crippen LogP) is 3.09. The molecule has 84 valence electrons. The summed E-state index contributed by atoms with van der Waals surface area (Å²) in [5.41, 5.74) is 1.24. The molecule has 0 aromatic heterocycles. The third-order valence-corrected chi connectivity index (χ3v) is 1.06. The molecule has 0 saturated heterocycles. The fourth-order valence-corrected chi connectivity index (χ4v) is 0.518. The molecule has 0 aromatic rings. The second-order valence-corrected chi connectivity index (χ2v) is 2.06. The molecule has 0 atom stereocenters. The normalized spacial score (nSPS) is 11.1. The van der Waals surface area contributed by atoms with Gasteiger partial charge in [0.1, 0.15) is 0 Å². The Morgan fingerprint density at radius 2 is 1.92 bits per heavy atom. The molecular weight excluding hydrogens is 466 g/mol. The summed E-state index contributed by atoms with van der Waals surface area (Å²) >= 11 is 0. The third kappa shape index (κ3) is 14.6. The van der Waals surface area contributed by atoms with Gasteiger partial charge in [0.2, 0.25) is 0 Å². The van der Waals surface area contributed by atoms with Gasteiger partial charge in [-0.25, -0.2) is 36.3 Å². The molecule has 0 saturated carbocycles. The van der Waals surface area contributed by atoms with Gasteiger partial charge < -0.3 is 0 Å². The molecule has 0 aliphatic carbocycles. The molecule has 0 aliphatic heterocycles. The van der Waals surface area contributed by atoms with Crippen molar-refractivity contribution in [3.63, 3.8) is 0 Å². The summed E-state index contributed by atoms with van der Waals surface area (Å²) < 4.78 is 0. The molecule has 0 bridgehead atoms. The van der Waals surface area contributed by atoms with Crippen LogP contribution >= 0.6 is 0 Å². The molecule has 12 heavy (non-hydrogen) atoms. The summed E-state index contributed by atoms with van der Waals surface area (Å²) in [6, 6.07) is 0. The van der Waals surface area contributed by atoms with Crippen molar-refractivity contribution in [2.75, 3.05) is 0 Å². The predicted molar refractivity (Wildman–Crippen MR) is 46.4 cm³/mol. The van der Waals surface area contributed by atoms with E-state index in [4.69, 9.17) is 0 Å². The van der Waals surface area contributed by atoms with Gasteiger partial charge in [0.15, 0.2) is 0 Å². The Labute approximate surface area is 153 Å².